The topological polar surface area (TPSA) is 111 Å². The zero-order valence-electron chi connectivity index (χ0n) is 18.7. The lowest BCUT2D eigenvalue weighted by atomic mass is 10.1. The van der Waals surface area contributed by atoms with E-state index in [1.54, 1.807) is 29.4 Å². The van der Waals surface area contributed by atoms with Crippen LogP contribution >= 0.6 is 0 Å². The van der Waals surface area contributed by atoms with Crippen LogP contribution < -0.4 is 5.32 Å². The lowest BCUT2D eigenvalue weighted by Gasteiger charge is -2.31. The predicted octanol–water partition coefficient (Wildman–Crippen LogP) is 4.10. The highest BCUT2D eigenvalue weighted by molar-refractivity contribution is 5.85. The van der Waals surface area contributed by atoms with Crippen molar-refractivity contribution in [2.45, 2.75) is 32.7 Å². The molecule has 3 heterocycles. The number of nitrogens with one attached hydrogen (secondary N) is 1. The summed E-state index contributed by atoms with van der Waals surface area (Å²) in [5, 5.41) is 7.99. The Morgan fingerprint density at radius 1 is 1.03 bits per heavy atom. The number of methoxy groups -OCH3 is 2. The van der Waals surface area contributed by atoms with Crippen molar-refractivity contribution in [1.29, 1.82) is 0 Å². The molecule has 1 fully saturated rings. The van der Waals surface area contributed by atoms with E-state index in [1.165, 1.54) is 14.2 Å². The largest absolute Gasteiger partial charge is 0.453 e. The number of nitrogens with zero attached hydrogens (tertiary/aromatic N) is 5. The van der Waals surface area contributed by atoms with E-state index in [2.05, 4.69) is 20.1 Å². The summed E-state index contributed by atoms with van der Waals surface area (Å²) in [7, 11) is 2.71. The first-order valence-electron chi connectivity index (χ1n) is 10.6. The molecule has 1 aromatic carbocycles. The first kappa shape index (κ1) is 23.0. The molecule has 0 saturated carbocycles. The molecule has 0 unspecified atom stereocenters. The zero-order valence-corrected chi connectivity index (χ0v) is 18.7. The number of likely N-dealkylation sites (tertiary alicyclic amines) is 1. The summed E-state index contributed by atoms with van der Waals surface area (Å²) in [6.07, 6.45) is 4.25. The summed E-state index contributed by atoms with van der Waals surface area (Å²) in [6, 6.07) is 7.35. The Bertz CT molecular complexity index is 1060. The molecule has 10 nitrogen and oxygen atoms in total. The van der Waals surface area contributed by atoms with Crippen LogP contribution in [0.15, 0.2) is 36.7 Å². The minimum atomic E-state index is -0.525. The molecular weight excluding hydrogens is 412 g/mol. The number of fused-ring (bicyclic) bond motifs is 1. The maximum absolute atomic E-state index is 11.7. The fourth-order valence-corrected chi connectivity index (χ4v) is 3.54. The van der Waals surface area contributed by atoms with E-state index in [4.69, 9.17) is 9.72 Å². The van der Waals surface area contributed by atoms with Gasteiger partial charge >= 0.3 is 12.2 Å². The number of piperidine rings is 1. The first-order valence-corrected chi connectivity index (χ1v) is 10.6. The van der Waals surface area contributed by atoms with Crippen LogP contribution in [0.2, 0.25) is 0 Å². The third-order valence-corrected chi connectivity index (χ3v) is 5.15. The molecule has 0 atom stereocenters. The fraction of sp³-hybridized carbons (Fsp3) is 0.409. The van der Waals surface area contributed by atoms with Crippen LogP contribution in [0.5, 0.6) is 0 Å². The van der Waals surface area contributed by atoms with Gasteiger partial charge in [-0.15, -0.1) is 0 Å². The molecular formula is C22H28N6O4. The van der Waals surface area contributed by atoms with Crippen LogP contribution in [0.3, 0.4) is 0 Å². The second-order valence-corrected chi connectivity index (χ2v) is 6.94. The number of benzene rings is 1. The van der Waals surface area contributed by atoms with Crippen molar-refractivity contribution in [3.8, 4) is 11.4 Å². The van der Waals surface area contributed by atoms with Crippen LogP contribution in [0.1, 0.15) is 32.7 Å². The number of anilines is 1. The second kappa shape index (κ2) is 10.6. The van der Waals surface area contributed by atoms with Gasteiger partial charge in [-0.25, -0.2) is 24.2 Å². The molecule has 0 radical (unpaired) electrons. The van der Waals surface area contributed by atoms with Crippen molar-refractivity contribution >= 4 is 28.9 Å². The summed E-state index contributed by atoms with van der Waals surface area (Å²) in [6.45, 7) is 5.23. The van der Waals surface area contributed by atoms with E-state index in [0.717, 1.165) is 29.4 Å². The van der Waals surface area contributed by atoms with Gasteiger partial charge in [-0.1, -0.05) is 13.8 Å². The van der Waals surface area contributed by atoms with Crippen molar-refractivity contribution in [1.82, 2.24) is 24.6 Å². The molecule has 10 heteroatoms. The van der Waals surface area contributed by atoms with E-state index in [1.807, 2.05) is 30.7 Å². The van der Waals surface area contributed by atoms with Gasteiger partial charge in [-0.2, -0.15) is 5.10 Å². The lowest BCUT2D eigenvalue weighted by molar-refractivity contribution is 0.106. The molecule has 3 aromatic rings. The summed E-state index contributed by atoms with van der Waals surface area (Å²) in [4.78, 5) is 33.9. The Labute approximate surface area is 186 Å². The summed E-state index contributed by atoms with van der Waals surface area (Å²) < 4.78 is 11.3. The quantitative estimate of drug-likeness (QED) is 0.652. The number of aromatic nitrogens is 4. The summed E-state index contributed by atoms with van der Waals surface area (Å²) in [5.74, 6) is 0.570. The third kappa shape index (κ3) is 4.96. The Morgan fingerprint density at radius 2 is 1.72 bits per heavy atom. The van der Waals surface area contributed by atoms with Crippen LogP contribution in [-0.2, 0) is 9.47 Å². The van der Waals surface area contributed by atoms with E-state index >= 15 is 0 Å². The minimum absolute atomic E-state index is 0.151. The maximum atomic E-state index is 11.7. The van der Waals surface area contributed by atoms with Gasteiger partial charge < -0.3 is 14.4 Å². The molecule has 2 aromatic heterocycles. The average Bonchev–Trinajstić information content (AvgIpc) is 3.28. The Kier molecular flexibility index (Phi) is 7.58. The van der Waals surface area contributed by atoms with Gasteiger partial charge in [0.25, 0.3) is 0 Å². The molecule has 0 spiro atoms. The fourth-order valence-electron chi connectivity index (χ4n) is 3.54. The minimum Gasteiger partial charge on any atom is -0.453 e. The molecule has 170 valence electrons. The zero-order chi connectivity index (χ0) is 23.1. The normalized spacial score (nSPS) is 13.8. The first-order chi connectivity index (χ1) is 15.6. The molecule has 4 rings (SSSR count). The average molecular weight is 441 g/mol. The van der Waals surface area contributed by atoms with Crippen LogP contribution in [0.25, 0.3) is 22.4 Å². The monoisotopic (exact) mass is 440 g/mol. The molecule has 0 aliphatic carbocycles. The highest BCUT2D eigenvalue weighted by atomic mass is 16.5. The predicted molar refractivity (Wildman–Crippen MR) is 120 cm³/mol. The lowest BCUT2D eigenvalue weighted by Crippen LogP contribution is -2.39. The van der Waals surface area contributed by atoms with Gasteiger partial charge in [0.1, 0.15) is 0 Å². The van der Waals surface area contributed by atoms with Gasteiger partial charge in [0.2, 0.25) is 0 Å². The highest BCUT2D eigenvalue weighted by Gasteiger charge is 2.26. The number of carbonyl (C=O) groups is 2. The van der Waals surface area contributed by atoms with E-state index in [0.29, 0.717) is 24.6 Å². The maximum Gasteiger partial charge on any atom is 0.411 e. The number of ether oxygens (including phenoxy) is 2. The Balaban J connectivity index is 0.00000141. The van der Waals surface area contributed by atoms with E-state index in [-0.39, 0.29) is 12.1 Å². The van der Waals surface area contributed by atoms with E-state index in [9.17, 15) is 9.59 Å². The van der Waals surface area contributed by atoms with Crippen molar-refractivity contribution in [2.75, 3.05) is 32.6 Å². The molecule has 1 aliphatic heterocycles. The van der Waals surface area contributed by atoms with E-state index < -0.39 is 6.09 Å². The summed E-state index contributed by atoms with van der Waals surface area (Å²) in [5.41, 5.74) is 2.20. The Morgan fingerprint density at radius 3 is 2.34 bits per heavy atom. The smallest absolute Gasteiger partial charge is 0.411 e. The van der Waals surface area contributed by atoms with Crippen molar-refractivity contribution in [2.24, 2.45) is 0 Å². The number of hydrogen-bond donors (Lipinski definition) is 1. The number of carbonyl (C=O) groups excluding carboxylic acids is 2. The number of hydrogen-bond acceptors (Lipinski definition) is 7. The second-order valence-electron chi connectivity index (χ2n) is 6.94. The molecule has 1 aliphatic rings. The third-order valence-electron chi connectivity index (χ3n) is 5.15. The van der Waals surface area contributed by atoms with Gasteiger partial charge in [-0.05, 0) is 37.1 Å². The standard InChI is InChI=1S/C20H22N6O4.C2H6/c1-29-19(27)23-15-5-3-13(4-6-15)17-21-11-14-12-22-26(18(14)24-17)16-7-9-25(10-8-16)20(28)30-2;1-2/h3-6,11-12,16H,7-10H2,1-2H3,(H,23,27);1-2H3. The highest BCUT2D eigenvalue weighted by Crippen LogP contribution is 2.27. The molecule has 1 saturated heterocycles. The van der Waals surface area contributed by atoms with Gasteiger partial charge in [0, 0.05) is 30.5 Å². The molecule has 0 bridgehead atoms. The van der Waals surface area contributed by atoms with Crippen LogP contribution in [0, 0.1) is 0 Å². The van der Waals surface area contributed by atoms with Gasteiger partial charge in [0.15, 0.2) is 11.5 Å². The van der Waals surface area contributed by atoms with Crippen molar-refractivity contribution < 1.29 is 19.1 Å². The van der Waals surface area contributed by atoms with Gasteiger partial charge in [0.05, 0.1) is 31.8 Å². The molecule has 1 N–H and O–H groups in total. The van der Waals surface area contributed by atoms with Crippen molar-refractivity contribution in [3.63, 3.8) is 0 Å². The number of amides is 2. The molecule has 2 amide bonds. The van der Waals surface area contributed by atoms with Crippen LogP contribution in [-0.4, -0.2) is 64.1 Å². The molecule has 32 heavy (non-hydrogen) atoms. The van der Waals surface area contributed by atoms with Gasteiger partial charge in [-0.3, -0.25) is 5.32 Å². The van der Waals surface area contributed by atoms with Crippen molar-refractivity contribution in [3.05, 3.63) is 36.7 Å². The number of rotatable bonds is 3. The SMILES string of the molecule is CC.COC(=O)Nc1ccc(-c2ncc3cnn(C4CCN(C(=O)OC)CC4)c3n2)cc1. The van der Waals surface area contributed by atoms with Crippen LogP contribution in [0.4, 0.5) is 15.3 Å². The Hall–Kier alpha value is -3.69. The summed E-state index contributed by atoms with van der Waals surface area (Å²) >= 11 is 0.